The predicted octanol–water partition coefficient (Wildman–Crippen LogP) is 4.67. The molecule has 0 unspecified atom stereocenters. The quantitative estimate of drug-likeness (QED) is 0.635. The number of aryl methyl sites for hydroxylation is 1. The molecule has 2 heterocycles. The molecule has 0 saturated heterocycles. The molecule has 0 aliphatic carbocycles. The lowest BCUT2D eigenvalue weighted by Crippen LogP contribution is -2.15. The summed E-state index contributed by atoms with van der Waals surface area (Å²) in [4.78, 5) is 1.08. The highest BCUT2D eigenvalue weighted by Gasteiger charge is 2.18. The lowest BCUT2D eigenvalue weighted by Gasteiger charge is -2.19. The number of benzene rings is 2. The summed E-state index contributed by atoms with van der Waals surface area (Å²) >= 11 is 1.65. The van der Waals surface area contributed by atoms with Crippen LogP contribution in [0.25, 0.3) is 11.5 Å². The van der Waals surface area contributed by atoms with Crippen molar-refractivity contribution in [3.05, 3.63) is 53.9 Å². The van der Waals surface area contributed by atoms with E-state index in [1.807, 2.05) is 49.4 Å². The molecule has 1 aromatic heterocycles. The first kappa shape index (κ1) is 16.0. The van der Waals surface area contributed by atoms with Crippen LogP contribution in [0.2, 0.25) is 0 Å². The smallest absolute Gasteiger partial charge is 0.247 e. The van der Waals surface area contributed by atoms with E-state index < -0.39 is 0 Å². The molecule has 25 heavy (non-hydrogen) atoms. The van der Waals surface area contributed by atoms with Gasteiger partial charge in [0, 0.05) is 10.5 Å². The summed E-state index contributed by atoms with van der Waals surface area (Å²) in [6.45, 7) is 5.28. The van der Waals surface area contributed by atoms with Gasteiger partial charge in [0.25, 0.3) is 0 Å². The summed E-state index contributed by atoms with van der Waals surface area (Å²) in [5, 5.41) is 8.42. The molecular weight excluding hydrogens is 336 g/mol. The standard InChI is InChI=1S/C19H18N2O3S/c1-12-3-5-14(6-4-12)19-21-20-18(24-19)13(2)25-15-7-8-16-17(11-15)23-10-9-22-16/h3-8,11,13H,9-10H2,1-2H3/t13-/m0/s1. The first-order valence-corrected chi connectivity index (χ1v) is 9.04. The number of fused-ring (bicyclic) bond motifs is 1. The third-order valence-corrected chi connectivity index (χ3v) is 4.99. The van der Waals surface area contributed by atoms with E-state index >= 15 is 0 Å². The van der Waals surface area contributed by atoms with Gasteiger partial charge < -0.3 is 13.9 Å². The second-order valence-electron chi connectivity index (χ2n) is 5.88. The van der Waals surface area contributed by atoms with Crippen molar-refractivity contribution < 1.29 is 13.9 Å². The van der Waals surface area contributed by atoms with E-state index in [1.54, 1.807) is 11.8 Å². The van der Waals surface area contributed by atoms with Crippen molar-refractivity contribution in [1.82, 2.24) is 10.2 Å². The Hall–Kier alpha value is -2.47. The topological polar surface area (TPSA) is 57.4 Å². The van der Waals surface area contributed by atoms with E-state index in [0.29, 0.717) is 25.0 Å². The Bertz CT molecular complexity index is 877. The number of rotatable bonds is 4. The molecule has 0 saturated carbocycles. The minimum absolute atomic E-state index is 0.0363. The molecule has 3 aromatic rings. The number of hydrogen-bond donors (Lipinski definition) is 0. The van der Waals surface area contributed by atoms with Gasteiger partial charge in [0.1, 0.15) is 13.2 Å². The van der Waals surface area contributed by atoms with E-state index in [0.717, 1.165) is 22.0 Å². The van der Waals surface area contributed by atoms with Crippen LogP contribution in [-0.4, -0.2) is 23.4 Å². The Kier molecular flexibility index (Phi) is 4.36. The van der Waals surface area contributed by atoms with Gasteiger partial charge in [0.05, 0.1) is 5.25 Å². The molecule has 5 nitrogen and oxygen atoms in total. The van der Waals surface area contributed by atoms with Crippen LogP contribution in [0, 0.1) is 6.92 Å². The summed E-state index contributed by atoms with van der Waals surface area (Å²) in [7, 11) is 0. The van der Waals surface area contributed by atoms with E-state index in [2.05, 4.69) is 17.1 Å². The summed E-state index contributed by atoms with van der Waals surface area (Å²) in [6, 6.07) is 14.0. The summed E-state index contributed by atoms with van der Waals surface area (Å²) in [5.41, 5.74) is 2.13. The average molecular weight is 354 g/mol. The molecule has 128 valence electrons. The van der Waals surface area contributed by atoms with Gasteiger partial charge >= 0.3 is 0 Å². The van der Waals surface area contributed by atoms with Crippen LogP contribution in [0.15, 0.2) is 51.8 Å². The van der Waals surface area contributed by atoms with Gasteiger partial charge in [-0.15, -0.1) is 22.0 Å². The van der Waals surface area contributed by atoms with Gasteiger partial charge in [-0.3, -0.25) is 0 Å². The summed E-state index contributed by atoms with van der Waals surface area (Å²) < 4.78 is 17.0. The van der Waals surface area contributed by atoms with Crippen LogP contribution in [0.3, 0.4) is 0 Å². The Morgan fingerprint density at radius 2 is 1.72 bits per heavy atom. The third kappa shape index (κ3) is 3.49. The maximum Gasteiger partial charge on any atom is 0.247 e. The molecule has 0 spiro atoms. The van der Waals surface area contributed by atoms with E-state index in [4.69, 9.17) is 13.9 Å². The molecule has 0 amide bonds. The van der Waals surface area contributed by atoms with E-state index in [-0.39, 0.29) is 5.25 Å². The van der Waals surface area contributed by atoms with Crippen molar-refractivity contribution in [3.8, 4) is 23.0 Å². The average Bonchev–Trinajstić information content (AvgIpc) is 3.12. The number of thioether (sulfide) groups is 1. The highest BCUT2D eigenvalue weighted by Crippen LogP contribution is 2.40. The molecule has 6 heteroatoms. The van der Waals surface area contributed by atoms with Gasteiger partial charge in [-0.05, 0) is 44.2 Å². The lowest BCUT2D eigenvalue weighted by molar-refractivity contribution is 0.171. The number of aromatic nitrogens is 2. The van der Waals surface area contributed by atoms with Crippen molar-refractivity contribution in [2.24, 2.45) is 0 Å². The van der Waals surface area contributed by atoms with E-state index in [9.17, 15) is 0 Å². The van der Waals surface area contributed by atoms with Crippen LogP contribution in [0.1, 0.15) is 23.6 Å². The van der Waals surface area contributed by atoms with Crippen LogP contribution in [0.4, 0.5) is 0 Å². The maximum atomic E-state index is 5.86. The normalized spacial score (nSPS) is 14.3. The zero-order valence-corrected chi connectivity index (χ0v) is 14.9. The second kappa shape index (κ2) is 6.80. The highest BCUT2D eigenvalue weighted by molar-refractivity contribution is 7.99. The number of nitrogens with zero attached hydrogens (tertiary/aromatic N) is 2. The SMILES string of the molecule is Cc1ccc(-c2nnc([C@H](C)Sc3ccc4c(c3)OCCO4)o2)cc1. The number of hydrogen-bond acceptors (Lipinski definition) is 6. The number of ether oxygens (including phenoxy) is 2. The van der Waals surface area contributed by atoms with Crippen LogP contribution >= 0.6 is 11.8 Å². The van der Waals surface area contributed by atoms with Crippen LogP contribution < -0.4 is 9.47 Å². The van der Waals surface area contributed by atoms with Crippen molar-refractivity contribution in [2.75, 3.05) is 13.2 Å². The third-order valence-electron chi connectivity index (χ3n) is 3.91. The zero-order chi connectivity index (χ0) is 17.2. The van der Waals surface area contributed by atoms with Gasteiger partial charge in [-0.2, -0.15) is 0 Å². The molecular formula is C19H18N2O3S. The van der Waals surface area contributed by atoms with Gasteiger partial charge in [0.2, 0.25) is 11.8 Å². The van der Waals surface area contributed by atoms with Crippen LogP contribution in [0.5, 0.6) is 11.5 Å². The fraction of sp³-hybridized carbons (Fsp3) is 0.263. The first-order valence-electron chi connectivity index (χ1n) is 8.16. The fourth-order valence-electron chi connectivity index (χ4n) is 2.56. The van der Waals surface area contributed by atoms with Crippen molar-refractivity contribution >= 4 is 11.8 Å². The molecule has 1 atom stereocenters. The summed E-state index contributed by atoms with van der Waals surface area (Å²) in [5.74, 6) is 2.73. The molecule has 2 aromatic carbocycles. The van der Waals surface area contributed by atoms with Crippen molar-refractivity contribution in [1.29, 1.82) is 0 Å². The van der Waals surface area contributed by atoms with Crippen molar-refractivity contribution in [2.45, 2.75) is 24.0 Å². The Labute approximate surface area is 150 Å². The first-order chi connectivity index (χ1) is 12.2. The van der Waals surface area contributed by atoms with Crippen molar-refractivity contribution in [3.63, 3.8) is 0 Å². The monoisotopic (exact) mass is 354 g/mol. The summed E-state index contributed by atoms with van der Waals surface area (Å²) in [6.07, 6.45) is 0. The van der Waals surface area contributed by atoms with Crippen LogP contribution in [-0.2, 0) is 0 Å². The molecule has 1 aliphatic heterocycles. The minimum Gasteiger partial charge on any atom is -0.486 e. The predicted molar refractivity (Wildman–Crippen MR) is 96.2 cm³/mol. The molecule has 0 radical (unpaired) electrons. The molecule has 0 N–H and O–H groups in total. The molecule has 1 aliphatic rings. The highest BCUT2D eigenvalue weighted by atomic mass is 32.2. The Morgan fingerprint density at radius 3 is 2.52 bits per heavy atom. The van der Waals surface area contributed by atoms with Gasteiger partial charge in [-0.25, -0.2) is 0 Å². The largest absolute Gasteiger partial charge is 0.486 e. The fourth-order valence-corrected chi connectivity index (χ4v) is 3.49. The van der Waals surface area contributed by atoms with E-state index in [1.165, 1.54) is 5.56 Å². The minimum atomic E-state index is 0.0363. The van der Waals surface area contributed by atoms with Gasteiger partial charge in [0.15, 0.2) is 11.5 Å². The molecule has 0 bridgehead atoms. The lowest BCUT2D eigenvalue weighted by atomic mass is 10.1. The zero-order valence-electron chi connectivity index (χ0n) is 14.1. The molecule has 0 fully saturated rings. The Balaban J connectivity index is 1.50. The molecule has 4 rings (SSSR count). The second-order valence-corrected chi connectivity index (χ2v) is 7.29. The van der Waals surface area contributed by atoms with Gasteiger partial charge in [-0.1, -0.05) is 17.7 Å². The Morgan fingerprint density at radius 1 is 0.960 bits per heavy atom. The maximum absolute atomic E-state index is 5.86.